The minimum absolute atomic E-state index is 0.337. The summed E-state index contributed by atoms with van der Waals surface area (Å²) in [4.78, 5) is 11.0. The van der Waals surface area contributed by atoms with E-state index in [-0.39, 0.29) is 0 Å². The zero-order chi connectivity index (χ0) is 15.3. The van der Waals surface area contributed by atoms with Crippen LogP contribution in [0.3, 0.4) is 0 Å². The van der Waals surface area contributed by atoms with E-state index >= 15 is 0 Å². The van der Waals surface area contributed by atoms with Crippen LogP contribution >= 0.6 is 0 Å². The first kappa shape index (κ1) is 13.0. The van der Waals surface area contributed by atoms with Gasteiger partial charge >= 0.3 is 5.97 Å². The van der Waals surface area contributed by atoms with E-state index in [1.807, 2.05) is 6.07 Å². The fourth-order valence-electron chi connectivity index (χ4n) is 3.30. The van der Waals surface area contributed by atoms with Gasteiger partial charge in [-0.2, -0.15) is 0 Å². The first-order valence-electron chi connectivity index (χ1n) is 7.29. The van der Waals surface area contributed by atoms with Crippen molar-refractivity contribution >= 4 is 38.3 Å². The summed E-state index contributed by atoms with van der Waals surface area (Å²) in [5.41, 5.74) is 6.71. The van der Waals surface area contributed by atoms with Gasteiger partial charge in [0, 0.05) is 0 Å². The molecule has 0 amide bonds. The molecule has 0 aliphatic carbocycles. The number of nitrogens with two attached hydrogens (primary N) is 1. The molecule has 0 aliphatic heterocycles. The molecule has 4 aromatic rings. The van der Waals surface area contributed by atoms with E-state index < -0.39 is 12.0 Å². The average Bonchev–Trinajstić information content (AvgIpc) is 2.53. The Morgan fingerprint density at radius 3 is 2.18 bits per heavy atom. The van der Waals surface area contributed by atoms with Gasteiger partial charge in [0.25, 0.3) is 0 Å². The fourth-order valence-corrected chi connectivity index (χ4v) is 3.30. The van der Waals surface area contributed by atoms with Gasteiger partial charge in [-0.15, -0.1) is 0 Å². The molecule has 4 rings (SSSR count). The Bertz CT molecular complexity index is 990. The lowest BCUT2D eigenvalue weighted by molar-refractivity contribution is -0.138. The molecule has 0 fully saturated rings. The third-order valence-corrected chi connectivity index (χ3v) is 4.38. The second-order valence-electron chi connectivity index (χ2n) is 5.73. The molecule has 22 heavy (non-hydrogen) atoms. The molecule has 3 heteroatoms. The first-order chi connectivity index (χ1) is 10.6. The maximum absolute atomic E-state index is 11.0. The number of aliphatic carboxylic acids is 1. The molecule has 4 aromatic carbocycles. The Hall–Kier alpha value is -2.65. The van der Waals surface area contributed by atoms with Crippen molar-refractivity contribution in [3.05, 3.63) is 60.2 Å². The number of carboxylic acids is 1. The Morgan fingerprint density at radius 1 is 0.909 bits per heavy atom. The maximum atomic E-state index is 11.0. The van der Waals surface area contributed by atoms with Gasteiger partial charge in [-0.3, -0.25) is 4.79 Å². The van der Waals surface area contributed by atoms with Crippen LogP contribution in [-0.4, -0.2) is 17.1 Å². The molecule has 3 N–H and O–H groups in total. The molecule has 0 radical (unpaired) electrons. The number of carboxylic acid groups (broad SMARTS) is 1. The molecule has 0 spiro atoms. The number of hydrogen-bond donors (Lipinski definition) is 2. The normalized spacial score (nSPS) is 13.1. The summed E-state index contributed by atoms with van der Waals surface area (Å²) < 4.78 is 0. The van der Waals surface area contributed by atoms with Crippen LogP contribution in [0.4, 0.5) is 0 Å². The van der Waals surface area contributed by atoms with Crippen molar-refractivity contribution in [2.45, 2.75) is 12.5 Å². The summed E-state index contributed by atoms with van der Waals surface area (Å²) in [6.07, 6.45) is 0.337. The second kappa shape index (κ2) is 4.68. The quantitative estimate of drug-likeness (QED) is 0.567. The molecular weight excluding hydrogens is 274 g/mol. The van der Waals surface area contributed by atoms with Crippen molar-refractivity contribution in [2.24, 2.45) is 5.73 Å². The van der Waals surface area contributed by atoms with Crippen LogP contribution in [0.1, 0.15) is 5.56 Å². The largest absolute Gasteiger partial charge is 0.480 e. The van der Waals surface area contributed by atoms with E-state index in [4.69, 9.17) is 10.8 Å². The van der Waals surface area contributed by atoms with E-state index in [0.29, 0.717) is 6.42 Å². The zero-order valence-corrected chi connectivity index (χ0v) is 11.9. The van der Waals surface area contributed by atoms with Gasteiger partial charge in [0.1, 0.15) is 6.04 Å². The van der Waals surface area contributed by atoms with Gasteiger partial charge in [-0.05, 0) is 44.3 Å². The van der Waals surface area contributed by atoms with Crippen LogP contribution in [0.25, 0.3) is 32.3 Å². The molecule has 0 saturated heterocycles. The predicted octanol–water partition coefficient (Wildman–Crippen LogP) is 3.54. The van der Waals surface area contributed by atoms with Crippen molar-refractivity contribution in [2.75, 3.05) is 0 Å². The first-order valence-corrected chi connectivity index (χ1v) is 7.29. The molecular formula is C19H15NO2. The SMILES string of the molecule is N[C@@H](Cc1ccc2ccc3cccc4ccc1c2c34)C(=O)O. The van der Waals surface area contributed by atoms with Crippen LogP contribution in [0.15, 0.2) is 54.6 Å². The number of benzene rings is 4. The summed E-state index contributed by atoms with van der Waals surface area (Å²) in [7, 11) is 0. The summed E-state index contributed by atoms with van der Waals surface area (Å²) >= 11 is 0. The summed E-state index contributed by atoms with van der Waals surface area (Å²) in [6.45, 7) is 0. The van der Waals surface area contributed by atoms with Crippen LogP contribution < -0.4 is 5.73 Å². The Morgan fingerprint density at radius 2 is 1.50 bits per heavy atom. The van der Waals surface area contributed by atoms with E-state index in [9.17, 15) is 4.79 Å². The van der Waals surface area contributed by atoms with Crippen LogP contribution in [0.5, 0.6) is 0 Å². The van der Waals surface area contributed by atoms with E-state index in [0.717, 1.165) is 10.9 Å². The monoisotopic (exact) mass is 289 g/mol. The molecule has 0 unspecified atom stereocenters. The Balaban J connectivity index is 2.06. The van der Waals surface area contributed by atoms with Crippen molar-refractivity contribution in [3.8, 4) is 0 Å². The minimum atomic E-state index is -0.967. The molecule has 0 heterocycles. The van der Waals surface area contributed by atoms with Gasteiger partial charge in [-0.1, -0.05) is 54.6 Å². The highest BCUT2D eigenvalue weighted by atomic mass is 16.4. The minimum Gasteiger partial charge on any atom is -0.480 e. The van der Waals surface area contributed by atoms with E-state index in [2.05, 4.69) is 48.5 Å². The smallest absolute Gasteiger partial charge is 0.320 e. The summed E-state index contributed by atoms with van der Waals surface area (Å²) in [5.74, 6) is -0.967. The maximum Gasteiger partial charge on any atom is 0.320 e. The van der Waals surface area contributed by atoms with Gasteiger partial charge in [-0.25, -0.2) is 0 Å². The topological polar surface area (TPSA) is 63.3 Å². The average molecular weight is 289 g/mol. The lowest BCUT2D eigenvalue weighted by Crippen LogP contribution is -2.32. The molecule has 1 atom stereocenters. The van der Waals surface area contributed by atoms with Gasteiger partial charge in [0.15, 0.2) is 0 Å². The van der Waals surface area contributed by atoms with Crippen LogP contribution in [0.2, 0.25) is 0 Å². The number of rotatable bonds is 3. The summed E-state index contributed by atoms with van der Waals surface area (Å²) in [6, 6.07) is 17.9. The zero-order valence-electron chi connectivity index (χ0n) is 11.9. The second-order valence-corrected chi connectivity index (χ2v) is 5.73. The molecule has 108 valence electrons. The van der Waals surface area contributed by atoms with Gasteiger partial charge in [0.05, 0.1) is 0 Å². The third kappa shape index (κ3) is 1.83. The lowest BCUT2D eigenvalue weighted by atomic mass is 9.90. The lowest BCUT2D eigenvalue weighted by Gasteiger charge is -2.15. The van der Waals surface area contributed by atoms with Crippen LogP contribution in [0, 0.1) is 0 Å². The van der Waals surface area contributed by atoms with Crippen molar-refractivity contribution < 1.29 is 9.90 Å². The predicted molar refractivity (Wildman–Crippen MR) is 89.5 cm³/mol. The van der Waals surface area contributed by atoms with Gasteiger partial charge in [0.2, 0.25) is 0 Å². The molecule has 0 saturated carbocycles. The number of hydrogen-bond acceptors (Lipinski definition) is 2. The molecule has 0 bridgehead atoms. The van der Waals surface area contributed by atoms with Crippen molar-refractivity contribution in [3.63, 3.8) is 0 Å². The third-order valence-electron chi connectivity index (χ3n) is 4.38. The summed E-state index contributed by atoms with van der Waals surface area (Å²) in [5, 5.41) is 16.2. The van der Waals surface area contributed by atoms with E-state index in [1.165, 1.54) is 26.9 Å². The van der Waals surface area contributed by atoms with Crippen LogP contribution in [-0.2, 0) is 11.2 Å². The molecule has 0 aliphatic rings. The van der Waals surface area contributed by atoms with Crippen molar-refractivity contribution in [1.29, 1.82) is 0 Å². The highest BCUT2D eigenvalue weighted by Crippen LogP contribution is 2.36. The molecule has 3 nitrogen and oxygen atoms in total. The molecule has 0 aromatic heterocycles. The van der Waals surface area contributed by atoms with Crippen molar-refractivity contribution in [1.82, 2.24) is 0 Å². The highest BCUT2D eigenvalue weighted by Gasteiger charge is 2.16. The fraction of sp³-hybridized carbons (Fsp3) is 0.105. The van der Waals surface area contributed by atoms with Gasteiger partial charge < -0.3 is 10.8 Å². The number of carbonyl (C=O) groups is 1. The Kier molecular flexibility index (Phi) is 2.78. The Labute approximate surface area is 127 Å². The van der Waals surface area contributed by atoms with E-state index in [1.54, 1.807) is 0 Å². The standard InChI is InChI=1S/C19H15NO2/c20-16(19(21)22)10-14-7-6-13-5-4-11-2-1-3-12-8-9-15(14)18(13)17(11)12/h1-9,16H,10,20H2,(H,21,22)/t16-/m0/s1. The highest BCUT2D eigenvalue weighted by molar-refractivity contribution is 6.23.